The van der Waals surface area contributed by atoms with E-state index >= 15 is 0 Å². The molecule has 2 saturated carbocycles. The fourth-order valence-corrected chi connectivity index (χ4v) is 4.12. The van der Waals surface area contributed by atoms with E-state index in [1.807, 2.05) is 7.05 Å². The van der Waals surface area contributed by atoms with Gasteiger partial charge in [-0.1, -0.05) is 13.3 Å². The predicted molar refractivity (Wildman–Crippen MR) is 62.7 cm³/mol. The van der Waals surface area contributed by atoms with Gasteiger partial charge in [-0.2, -0.15) is 0 Å². The number of aliphatic hydroxyl groups excluding tert-OH is 1. The smallest absolute Gasteiger partial charge is 0.0639 e. The van der Waals surface area contributed by atoms with Crippen molar-refractivity contribution in [2.75, 3.05) is 7.05 Å². The molecule has 2 aliphatic rings. The van der Waals surface area contributed by atoms with Crippen molar-refractivity contribution in [3.63, 3.8) is 0 Å². The summed E-state index contributed by atoms with van der Waals surface area (Å²) in [6, 6.07) is 0.443. The first-order valence-corrected chi connectivity index (χ1v) is 6.45. The lowest BCUT2D eigenvalue weighted by Gasteiger charge is -2.54. The molecule has 0 aromatic heterocycles. The third-order valence-corrected chi connectivity index (χ3v) is 4.98. The standard InChI is InChI=1S/C13H25NO/c1-9-7-11-5-4-6-13(8-9,12(11)15)10(2)14-3/h9-12,14-15H,4-8H2,1-3H3. The van der Waals surface area contributed by atoms with Crippen molar-refractivity contribution in [1.29, 1.82) is 0 Å². The van der Waals surface area contributed by atoms with Gasteiger partial charge in [0.1, 0.15) is 0 Å². The Hall–Kier alpha value is -0.0800. The van der Waals surface area contributed by atoms with Crippen molar-refractivity contribution < 1.29 is 5.11 Å². The summed E-state index contributed by atoms with van der Waals surface area (Å²) < 4.78 is 0. The van der Waals surface area contributed by atoms with Crippen LogP contribution in [-0.2, 0) is 0 Å². The second-order valence-electron chi connectivity index (χ2n) is 5.89. The normalized spacial score (nSPS) is 47.6. The molecule has 0 aliphatic heterocycles. The fourth-order valence-electron chi connectivity index (χ4n) is 4.12. The SMILES string of the molecule is CNC(C)C12CCCC(CC(C)C1)C2O. The van der Waals surface area contributed by atoms with Gasteiger partial charge in [0.05, 0.1) is 6.10 Å². The Labute approximate surface area is 93.5 Å². The molecule has 5 atom stereocenters. The van der Waals surface area contributed by atoms with Crippen LogP contribution in [-0.4, -0.2) is 24.3 Å². The largest absolute Gasteiger partial charge is 0.392 e. The average molecular weight is 211 g/mol. The van der Waals surface area contributed by atoms with E-state index in [9.17, 15) is 5.11 Å². The Balaban J connectivity index is 2.25. The van der Waals surface area contributed by atoms with Crippen LogP contribution in [0.4, 0.5) is 0 Å². The zero-order valence-electron chi connectivity index (χ0n) is 10.3. The van der Waals surface area contributed by atoms with Crippen molar-refractivity contribution in [3.05, 3.63) is 0 Å². The van der Waals surface area contributed by atoms with Gasteiger partial charge in [0.15, 0.2) is 0 Å². The number of fused-ring (bicyclic) bond motifs is 2. The molecule has 0 saturated heterocycles. The summed E-state index contributed by atoms with van der Waals surface area (Å²) in [5.74, 6) is 1.35. The average Bonchev–Trinajstić information content (AvgIpc) is 2.19. The highest BCUT2D eigenvalue weighted by atomic mass is 16.3. The molecule has 2 bridgehead atoms. The van der Waals surface area contributed by atoms with E-state index in [0.29, 0.717) is 12.0 Å². The molecule has 88 valence electrons. The number of rotatable bonds is 2. The number of hydrogen-bond acceptors (Lipinski definition) is 2. The van der Waals surface area contributed by atoms with Gasteiger partial charge in [-0.05, 0) is 51.5 Å². The topological polar surface area (TPSA) is 32.3 Å². The van der Waals surface area contributed by atoms with Crippen LogP contribution in [0, 0.1) is 17.3 Å². The van der Waals surface area contributed by atoms with E-state index < -0.39 is 0 Å². The summed E-state index contributed by atoms with van der Waals surface area (Å²) in [4.78, 5) is 0. The molecular formula is C13H25NO. The van der Waals surface area contributed by atoms with Gasteiger partial charge in [-0.3, -0.25) is 0 Å². The van der Waals surface area contributed by atoms with Gasteiger partial charge in [-0.15, -0.1) is 0 Å². The Morgan fingerprint density at radius 1 is 1.47 bits per heavy atom. The van der Waals surface area contributed by atoms with Crippen molar-refractivity contribution in [3.8, 4) is 0 Å². The maximum absolute atomic E-state index is 10.5. The molecule has 0 aromatic rings. The lowest BCUT2D eigenvalue weighted by atomic mass is 9.55. The molecule has 0 radical (unpaired) electrons. The van der Waals surface area contributed by atoms with Gasteiger partial charge < -0.3 is 10.4 Å². The van der Waals surface area contributed by atoms with Crippen molar-refractivity contribution in [1.82, 2.24) is 5.32 Å². The van der Waals surface area contributed by atoms with E-state index in [0.717, 1.165) is 5.92 Å². The quantitative estimate of drug-likeness (QED) is 0.733. The lowest BCUT2D eigenvalue weighted by molar-refractivity contribution is -0.115. The molecule has 2 N–H and O–H groups in total. The minimum absolute atomic E-state index is 0.0649. The predicted octanol–water partition coefficient (Wildman–Crippen LogP) is 2.17. The summed E-state index contributed by atoms with van der Waals surface area (Å²) in [5.41, 5.74) is 0.162. The van der Waals surface area contributed by atoms with E-state index in [2.05, 4.69) is 19.2 Å². The van der Waals surface area contributed by atoms with Gasteiger partial charge in [0, 0.05) is 11.5 Å². The van der Waals surface area contributed by atoms with E-state index in [4.69, 9.17) is 0 Å². The summed E-state index contributed by atoms with van der Waals surface area (Å²) in [6.07, 6.45) is 6.12. The Bertz CT molecular complexity index is 231. The van der Waals surface area contributed by atoms with E-state index in [1.54, 1.807) is 0 Å². The van der Waals surface area contributed by atoms with Gasteiger partial charge in [0.2, 0.25) is 0 Å². The minimum Gasteiger partial charge on any atom is -0.392 e. The highest BCUT2D eigenvalue weighted by Gasteiger charge is 2.51. The molecule has 2 rings (SSSR count). The van der Waals surface area contributed by atoms with Crippen molar-refractivity contribution in [2.45, 2.75) is 58.1 Å². The first kappa shape index (κ1) is 11.4. The summed E-state index contributed by atoms with van der Waals surface area (Å²) in [6.45, 7) is 4.59. The van der Waals surface area contributed by atoms with Gasteiger partial charge in [-0.25, -0.2) is 0 Å². The monoisotopic (exact) mass is 211 g/mol. The second-order valence-corrected chi connectivity index (χ2v) is 5.89. The first-order chi connectivity index (χ1) is 7.10. The number of nitrogens with one attached hydrogen (secondary N) is 1. The molecule has 2 aliphatic carbocycles. The molecule has 2 nitrogen and oxygen atoms in total. The highest BCUT2D eigenvalue weighted by molar-refractivity contribution is 5.03. The Morgan fingerprint density at radius 2 is 2.20 bits per heavy atom. The molecule has 0 amide bonds. The molecule has 2 fully saturated rings. The number of aliphatic hydroxyl groups is 1. The minimum atomic E-state index is -0.0649. The van der Waals surface area contributed by atoms with E-state index in [1.165, 1.54) is 32.1 Å². The van der Waals surface area contributed by atoms with Crippen LogP contribution in [0.2, 0.25) is 0 Å². The van der Waals surface area contributed by atoms with Gasteiger partial charge in [0.25, 0.3) is 0 Å². The number of hydrogen-bond donors (Lipinski definition) is 2. The third kappa shape index (κ3) is 1.72. The molecular weight excluding hydrogens is 186 g/mol. The zero-order chi connectivity index (χ0) is 11.1. The first-order valence-electron chi connectivity index (χ1n) is 6.45. The maximum Gasteiger partial charge on any atom is 0.0639 e. The van der Waals surface area contributed by atoms with Gasteiger partial charge >= 0.3 is 0 Å². The van der Waals surface area contributed by atoms with Crippen LogP contribution < -0.4 is 5.32 Å². The summed E-state index contributed by atoms with van der Waals surface area (Å²) in [5, 5.41) is 13.9. The van der Waals surface area contributed by atoms with Crippen LogP contribution in [0.1, 0.15) is 46.0 Å². The summed E-state index contributed by atoms with van der Waals surface area (Å²) >= 11 is 0. The Kier molecular flexibility index (Phi) is 3.09. The third-order valence-electron chi connectivity index (χ3n) is 4.98. The molecule has 0 spiro atoms. The molecule has 0 aromatic carbocycles. The second kappa shape index (κ2) is 4.06. The van der Waals surface area contributed by atoms with Crippen LogP contribution in [0.3, 0.4) is 0 Å². The molecule has 5 unspecified atom stereocenters. The Morgan fingerprint density at radius 3 is 2.87 bits per heavy atom. The fraction of sp³-hybridized carbons (Fsp3) is 1.00. The molecule has 15 heavy (non-hydrogen) atoms. The molecule has 2 heteroatoms. The van der Waals surface area contributed by atoms with E-state index in [-0.39, 0.29) is 11.5 Å². The molecule has 0 heterocycles. The van der Waals surface area contributed by atoms with Crippen molar-refractivity contribution >= 4 is 0 Å². The van der Waals surface area contributed by atoms with Crippen molar-refractivity contribution in [2.24, 2.45) is 17.3 Å². The summed E-state index contributed by atoms with van der Waals surface area (Å²) in [7, 11) is 2.02. The van der Waals surface area contributed by atoms with Crippen LogP contribution in [0.15, 0.2) is 0 Å². The zero-order valence-corrected chi connectivity index (χ0v) is 10.3. The highest BCUT2D eigenvalue weighted by Crippen LogP contribution is 2.52. The van der Waals surface area contributed by atoms with Crippen LogP contribution >= 0.6 is 0 Å². The lowest BCUT2D eigenvalue weighted by Crippen LogP contribution is -2.57. The maximum atomic E-state index is 10.5. The van der Waals surface area contributed by atoms with Crippen LogP contribution in [0.25, 0.3) is 0 Å². The van der Waals surface area contributed by atoms with Crippen LogP contribution in [0.5, 0.6) is 0 Å².